The predicted octanol–water partition coefficient (Wildman–Crippen LogP) is 3.58. The van der Waals surface area contributed by atoms with E-state index < -0.39 is 0 Å². The zero-order valence-electron chi connectivity index (χ0n) is 11.2. The first-order valence-corrected chi connectivity index (χ1v) is 5.93. The summed E-state index contributed by atoms with van der Waals surface area (Å²) in [5, 5.41) is 0. The molecule has 0 saturated carbocycles. The van der Waals surface area contributed by atoms with Crippen molar-refractivity contribution in [3.8, 4) is 0 Å². The zero-order valence-corrected chi connectivity index (χ0v) is 11.2. The summed E-state index contributed by atoms with van der Waals surface area (Å²) in [5.74, 6) is 0. The summed E-state index contributed by atoms with van der Waals surface area (Å²) in [6.45, 7) is 0. The third kappa shape index (κ3) is 5.30. The molecule has 1 aromatic rings. The number of benzene rings is 1. The topological polar surface area (TPSA) is 15.6 Å². The maximum absolute atomic E-state index is 3.86. The highest BCUT2D eigenvalue weighted by Crippen LogP contribution is 2.12. The second-order valence-electron chi connectivity index (χ2n) is 4.02. The van der Waals surface area contributed by atoms with E-state index in [2.05, 4.69) is 40.2 Å². The molecule has 0 saturated heterocycles. The molecular weight excluding hydrogens is 220 g/mol. The molecule has 2 heteroatoms. The average molecular weight is 240 g/mol. The predicted molar refractivity (Wildman–Crippen MR) is 82.5 cm³/mol. The van der Waals surface area contributed by atoms with Gasteiger partial charge in [-0.15, -0.1) is 0 Å². The van der Waals surface area contributed by atoms with Crippen molar-refractivity contribution in [2.24, 2.45) is 4.99 Å². The van der Waals surface area contributed by atoms with E-state index in [9.17, 15) is 0 Å². The minimum absolute atomic E-state index is 1.20. The van der Waals surface area contributed by atoms with Gasteiger partial charge in [-0.1, -0.05) is 42.5 Å². The summed E-state index contributed by atoms with van der Waals surface area (Å²) < 4.78 is 0. The Morgan fingerprint density at radius 3 is 2.11 bits per heavy atom. The zero-order chi connectivity index (χ0) is 13.2. The van der Waals surface area contributed by atoms with E-state index >= 15 is 0 Å². The number of allylic oxidation sites excluding steroid dienone is 5. The van der Waals surface area contributed by atoms with Gasteiger partial charge in [0.15, 0.2) is 0 Å². The van der Waals surface area contributed by atoms with Gasteiger partial charge in [0, 0.05) is 33.0 Å². The van der Waals surface area contributed by atoms with E-state index in [1.165, 1.54) is 11.3 Å². The summed E-state index contributed by atoms with van der Waals surface area (Å²) in [6, 6.07) is 8.44. The van der Waals surface area contributed by atoms with Crippen LogP contribution in [0.1, 0.15) is 5.56 Å². The largest absolute Gasteiger partial charge is 0.378 e. The molecule has 0 N–H and O–H groups in total. The normalized spacial score (nSPS) is 12.4. The lowest BCUT2D eigenvalue weighted by atomic mass is 10.2. The highest BCUT2D eigenvalue weighted by molar-refractivity contribution is 5.71. The van der Waals surface area contributed by atoms with Crippen molar-refractivity contribution < 1.29 is 0 Å². The highest BCUT2D eigenvalue weighted by Gasteiger charge is 1.92. The molecule has 0 aromatic heterocycles. The molecule has 0 heterocycles. The maximum Gasteiger partial charge on any atom is 0.0361 e. The lowest BCUT2D eigenvalue weighted by molar-refractivity contribution is 1.13. The van der Waals surface area contributed by atoms with Crippen LogP contribution in [0.2, 0.25) is 0 Å². The number of aliphatic imine (C=N–C) groups is 1. The quantitative estimate of drug-likeness (QED) is 0.567. The summed E-state index contributed by atoms with van der Waals surface area (Å²) >= 11 is 0. The van der Waals surface area contributed by atoms with E-state index in [-0.39, 0.29) is 0 Å². The molecule has 0 atom stereocenters. The van der Waals surface area contributed by atoms with Gasteiger partial charge in [-0.25, -0.2) is 0 Å². The molecule has 1 rings (SSSR count). The first kappa shape index (κ1) is 14.0. The van der Waals surface area contributed by atoms with Gasteiger partial charge in [0.25, 0.3) is 0 Å². The van der Waals surface area contributed by atoms with Gasteiger partial charge >= 0.3 is 0 Å². The Labute approximate surface area is 110 Å². The number of hydrogen-bond donors (Lipinski definition) is 0. The third-order valence-corrected chi connectivity index (χ3v) is 2.38. The van der Waals surface area contributed by atoms with Gasteiger partial charge < -0.3 is 4.90 Å². The van der Waals surface area contributed by atoms with Crippen LogP contribution in [0.25, 0.3) is 6.08 Å². The molecule has 0 fully saturated rings. The minimum atomic E-state index is 1.20. The van der Waals surface area contributed by atoms with E-state index in [1.807, 2.05) is 44.5 Å². The Morgan fingerprint density at radius 2 is 1.50 bits per heavy atom. The van der Waals surface area contributed by atoms with Gasteiger partial charge in [-0.2, -0.15) is 0 Å². The summed E-state index contributed by atoms with van der Waals surface area (Å²) in [5.41, 5.74) is 2.41. The standard InChI is InChI=1S/C16H20N2/c1-17-14-8-6-4-5-7-9-15-10-12-16(13-11-15)18(2)3/h4-14H,1-3H3/b5-4+,8-6-,9-7+,17-14?. The molecular formula is C16H20N2. The Morgan fingerprint density at radius 1 is 0.889 bits per heavy atom. The van der Waals surface area contributed by atoms with E-state index in [0.29, 0.717) is 0 Å². The second kappa shape index (κ2) is 8.07. The molecule has 1 aromatic carbocycles. The Bertz CT molecular complexity index is 448. The van der Waals surface area contributed by atoms with Crippen LogP contribution in [-0.4, -0.2) is 27.4 Å². The summed E-state index contributed by atoms with van der Waals surface area (Å²) in [7, 11) is 5.84. The SMILES string of the molecule is CN=C\C=C/C=C/C=C/c1ccc(N(C)C)cc1. The van der Waals surface area contributed by atoms with Crippen molar-refractivity contribution in [3.63, 3.8) is 0 Å². The van der Waals surface area contributed by atoms with Crippen LogP contribution in [-0.2, 0) is 0 Å². The van der Waals surface area contributed by atoms with Crippen molar-refractivity contribution in [1.29, 1.82) is 0 Å². The molecule has 0 bridgehead atoms. The van der Waals surface area contributed by atoms with Gasteiger partial charge in [-0.3, -0.25) is 4.99 Å². The Balaban J connectivity index is 2.52. The van der Waals surface area contributed by atoms with Crippen molar-refractivity contribution in [3.05, 3.63) is 60.2 Å². The fourth-order valence-corrected chi connectivity index (χ4v) is 1.38. The minimum Gasteiger partial charge on any atom is -0.378 e. The van der Waals surface area contributed by atoms with Crippen LogP contribution in [0.3, 0.4) is 0 Å². The van der Waals surface area contributed by atoms with E-state index in [1.54, 1.807) is 13.3 Å². The summed E-state index contributed by atoms with van der Waals surface area (Å²) in [6.07, 6.45) is 13.7. The molecule has 0 spiro atoms. The van der Waals surface area contributed by atoms with Crippen LogP contribution in [0.4, 0.5) is 5.69 Å². The molecule has 0 aliphatic rings. The van der Waals surface area contributed by atoms with Gasteiger partial charge in [-0.05, 0) is 23.8 Å². The number of nitrogens with zero attached hydrogens (tertiary/aromatic N) is 2. The smallest absolute Gasteiger partial charge is 0.0361 e. The number of rotatable bonds is 5. The fourth-order valence-electron chi connectivity index (χ4n) is 1.38. The Hall–Kier alpha value is -2.09. The molecule has 18 heavy (non-hydrogen) atoms. The molecule has 2 nitrogen and oxygen atoms in total. The maximum atomic E-state index is 3.86. The van der Waals surface area contributed by atoms with Crippen molar-refractivity contribution >= 4 is 18.0 Å². The molecule has 0 amide bonds. The molecule has 94 valence electrons. The second-order valence-corrected chi connectivity index (χ2v) is 4.02. The molecule has 0 unspecified atom stereocenters. The Kier molecular flexibility index (Phi) is 6.26. The fraction of sp³-hybridized carbons (Fsp3) is 0.188. The van der Waals surface area contributed by atoms with Crippen molar-refractivity contribution in [2.45, 2.75) is 0 Å². The van der Waals surface area contributed by atoms with Crippen molar-refractivity contribution in [2.75, 3.05) is 26.0 Å². The lowest BCUT2D eigenvalue weighted by Gasteiger charge is -2.11. The van der Waals surface area contributed by atoms with Crippen LogP contribution >= 0.6 is 0 Å². The number of anilines is 1. The molecule has 0 radical (unpaired) electrons. The first-order chi connectivity index (χ1) is 8.74. The van der Waals surface area contributed by atoms with Crippen molar-refractivity contribution in [1.82, 2.24) is 0 Å². The molecule has 0 aliphatic carbocycles. The first-order valence-electron chi connectivity index (χ1n) is 5.93. The monoisotopic (exact) mass is 240 g/mol. The highest BCUT2D eigenvalue weighted by atomic mass is 15.1. The van der Waals surface area contributed by atoms with Gasteiger partial charge in [0.2, 0.25) is 0 Å². The van der Waals surface area contributed by atoms with Gasteiger partial charge in [0.05, 0.1) is 0 Å². The summed E-state index contributed by atoms with van der Waals surface area (Å²) in [4.78, 5) is 5.95. The van der Waals surface area contributed by atoms with Crippen LogP contribution in [0.5, 0.6) is 0 Å². The van der Waals surface area contributed by atoms with Gasteiger partial charge in [0.1, 0.15) is 0 Å². The van der Waals surface area contributed by atoms with Crippen LogP contribution < -0.4 is 4.90 Å². The number of hydrogen-bond acceptors (Lipinski definition) is 2. The third-order valence-electron chi connectivity index (χ3n) is 2.38. The van der Waals surface area contributed by atoms with E-state index in [0.717, 1.165) is 0 Å². The average Bonchev–Trinajstić information content (AvgIpc) is 2.38. The molecule has 0 aliphatic heterocycles. The van der Waals surface area contributed by atoms with Crippen LogP contribution in [0, 0.1) is 0 Å². The van der Waals surface area contributed by atoms with E-state index in [4.69, 9.17) is 0 Å². The lowest BCUT2D eigenvalue weighted by Crippen LogP contribution is -2.07. The van der Waals surface area contributed by atoms with Crippen LogP contribution in [0.15, 0.2) is 59.6 Å².